The Hall–Kier alpha value is -4.41. The van der Waals surface area contributed by atoms with Crippen LogP contribution in [0.3, 0.4) is 0 Å². The first-order valence-electron chi connectivity index (χ1n) is 13.7. The highest BCUT2D eigenvalue weighted by atomic mass is 16.5. The molecule has 5 rings (SSSR count). The minimum absolute atomic E-state index is 0.192. The second kappa shape index (κ2) is 12.4. The van der Waals surface area contributed by atoms with Crippen molar-refractivity contribution in [1.82, 2.24) is 19.4 Å². The molecule has 3 N–H and O–H groups in total. The lowest BCUT2D eigenvalue weighted by molar-refractivity contribution is -0.111. The predicted octanol–water partition coefficient (Wildman–Crippen LogP) is 4.91. The molecule has 0 radical (unpaired) electrons. The van der Waals surface area contributed by atoms with Crippen molar-refractivity contribution < 1.29 is 14.3 Å². The monoisotopic (exact) mass is 555 g/mol. The van der Waals surface area contributed by atoms with E-state index in [9.17, 15) is 4.79 Å². The Bertz CT molecular complexity index is 1560. The van der Waals surface area contributed by atoms with Gasteiger partial charge in [0.15, 0.2) is 0 Å². The van der Waals surface area contributed by atoms with Gasteiger partial charge in [0.2, 0.25) is 11.9 Å². The van der Waals surface area contributed by atoms with E-state index in [1.807, 2.05) is 32.3 Å². The summed E-state index contributed by atoms with van der Waals surface area (Å²) in [4.78, 5) is 23.7. The zero-order valence-electron chi connectivity index (χ0n) is 24.0. The summed E-state index contributed by atoms with van der Waals surface area (Å²) in [5.41, 5.74) is 6.33. The van der Waals surface area contributed by atoms with Crippen molar-refractivity contribution in [3.63, 3.8) is 0 Å². The Kier molecular flexibility index (Phi) is 8.51. The van der Waals surface area contributed by atoms with Gasteiger partial charge in [-0.15, -0.1) is 0 Å². The van der Waals surface area contributed by atoms with Crippen LogP contribution in [0.25, 0.3) is 22.2 Å². The van der Waals surface area contributed by atoms with Gasteiger partial charge in [0.05, 0.1) is 36.0 Å². The molecule has 1 aliphatic rings. The van der Waals surface area contributed by atoms with E-state index >= 15 is 0 Å². The Labute approximate surface area is 240 Å². The Morgan fingerprint density at radius 1 is 1.17 bits per heavy atom. The third kappa shape index (κ3) is 6.03. The summed E-state index contributed by atoms with van der Waals surface area (Å²) in [6, 6.07) is 14.0. The topological polar surface area (TPSA) is 106 Å². The summed E-state index contributed by atoms with van der Waals surface area (Å²) < 4.78 is 13.8. The highest BCUT2D eigenvalue weighted by Crippen LogP contribution is 2.39. The van der Waals surface area contributed by atoms with Gasteiger partial charge in [-0.3, -0.25) is 4.79 Å². The maximum Gasteiger partial charge on any atom is 0.247 e. The molecule has 1 amide bonds. The van der Waals surface area contributed by atoms with Crippen molar-refractivity contribution in [2.45, 2.75) is 25.5 Å². The van der Waals surface area contributed by atoms with Gasteiger partial charge < -0.3 is 34.9 Å². The molecule has 4 aromatic rings. The molecule has 41 heavy (non-hydrogen) atoms. The number of carbonyl (C=O) groups excluding carboxylic acids is 1. The standard InChI is InChI=1S/C31H37N7O3/c1-6-29(39)34-24-17-25(28(41-5)18-23(24)32-15-16-37(2)3)36-31-33-14-13-22(35-31)30-21-9-7-8-10-26(21)38-19-20(40-4)11-12-27(30)38/h6-10,13-14,17-18,20,32H,1,11-12,15-16,19H2,2-5H3,(H,34,39)(H,33,35,36). The van der Waals surface area contributed by atoms with Crippen LogP contribution in [0.2, 0.25) is 0 Å². The van der Waals surface area contributed by atoms with E-state index in [1.54, 1.807) is 20.4 Å². The van der Waals surface area contributed by atoms with Crippen LogP contribution < -0.4 is 20.7 Å². The average Bonchev–Trinajstić information content (AvgIpc) is 3.31. The first-order chi connectivity index (χ1) is 19.9. The number of nitrogens with one attached hydrogen (secondary N) is 3. The first-order valence-corrected chi connectivity index (χ1v) is 13.7. The first kappa shape index (κ1) is 28.1. The second-order valence-corrected chi connectivity index (χ2v) is 10.3. The zero-order chi connectivity index (χ0) is 28.9. The average molecular weight is 556 g/mol. The SMILES string of the molecule is C=CC(=O)Nc1cc(Nc2nccc(-c3c4n(c5ccccc35)CC(OC)CC4)n2)c(OC)cc1NCCN(C)C. The number of rotatable bonds is 11. The van der Waals surface area contributed by atoms with Crippen LogP contribution in [0.5, 0.6) is 5.75 Å². The minimum Gasteiger partial charge on any atom is -0.494 e. The van der Waals surface area contributed by atoms with Gasteiger partial charge in [-0.1, -0.05) is 24.8 Å². The van der Waals surface area contributed by atoms with Crippen LogP contribution in [0, 0.1) is 0 Å². The molecule has 10 heteroatoms. The number of ether oxygens (including phenoxy) is 2. The molecule has 10 nitrogen and oxygen atoms in total. The van der Waals surface area contributed by atoms with E-state index in [4.69, 9.17) is 14.5 Å². The fraction of sp³-hybridized carbons (Fsp3) is 0.323. The number of aromatic nitrogens is 3. The number of para-hydroxylation sites is 1. The molecule has 2 aromatic heterocycles. The van der Waals surface area contributed by atoms with Crippen molar-refractivity contribution in [3.8, 4) is 17.0 Å². The number of nitrogens with zero attached hydrogens (tertiary/aromatic N) is 4. The normalized spacial score (nSPS) is 14.5. The summed E-state index contributed by atoms with van der Waals surface area (Å²) >= 11 is 0. The maximum atomic E-state index is 12.2. The molecule has 0 saturated heterocycles. The smallest absolute Gasteiger partial charge is 0.247 e. The number of hydrogen-bond donors (Lipinski definition) is 3. The van der Waals surface area contributed by atoms with Crippen LogP contribution in [0.4, 0.5) is 23.0 Å². The summed E-state index contributed by atoms with van der Waals surface area (Å²) in [5, 5.41) is 10.7. The Morgan fingerprint density at radius 2 is 2.00 bits per heavy atom. The number of fused-ring (bicyclic) bond motifs is 3. The molecule has 1 aliphatic heterocycles. The number of carbonyl (C=O) groups is 1. The van der Waals surface area contributed by atoms with Crippen molar-refractivity contribution in [1.29, 1.82) is 0 Å². The van der Waals surface area contributed by atoms with Crippen molar-refractivity contribution in [3.05, 3.63) is 67.0 Å². The minimum atomic E-state index is -0.309. The van der Waals surface area contributed by atoms with Crippen molar-refractivity contribution >= 4 is 39.8 Å². The van der Waals surface area contributed by atoms with E-state index in [1.165, 1.54) is 17.3 Å². The fourth-order valence-electron chi connectivity index (χ4n) is 5.27. The highest BCUT2D eigenvalue weighted by molar-refractivity contribution is 6.02. The molecule has 0 spiro atoms. The number of benzene rings is 2. The molecule has 0 fully saturated rings. The van der Waals surface area contributed by atoms with Gasteiger partial charge in [0.25, 0.3) is 0 Å². The van der Waals surface area contributed by atoms with E-state index < -0.39 is 0 Å². The molecular formula is C31H37N7O3. The number of methoxy groups -OCH3 is 2. The van der Waals surface area contributed by atoms with Crippen LogP contribution >= 0.6 is 0 Å². The maximum absolute atomic E-state index is 12.2. The van der Waals surface area contributed by atoms with E-state index in [0.29, 0.717) is 29.6 Å². The second-order valence-electron chi connectivity index (χ2n) is 10.3. The lowest BCUT2D eigenvalue weighted by Gasteiger charge is -2.25. The van der Waals surface area contributed by atoms with Crippen LogP contribution in [-0.4, -0.2) is 72.9 Å². The molecule has 0 aliphatic carbocycles. The van der Waals surface area contributed by atoms with Gasteiger partial charge in [-0.2, -0.15) is 0 Å². The van der Waals surface area contributed by atoms with Crippen molar-refractivity contribution in [2.75, 3.05) is 57.4 Å². The molecule has 1 unspecified atom stereocenters. The summed E-state index contributed by atoms with van der Waals surface area (Å²) in [7, 11) is 7.40. The molecule has 0 saturated carbocycles. The van der Waals surface area contributed by atoms with Crippen LogP contribution in [0.15, 0.2) is 61.3 Å². The fourth-order valence-corrected chi connectivity index (χ4v) is 5.27. The number of likely N-dealkylation sites (N-methyl/N-ethyl adjacent to an activating group) is 1. The summed E-state index contributed by atoms with van der Waals surface area (Å²) in [5.74, 6) is 0.695. The largest absolute Gasteiger partial charge is 0.494 e. The predicted molar refractivity (Wildman–Crippen MR) is 164 cm³/mol. The summed E-state index contributed by atoms with van der Waals surface area (Å²) in [6.45, 7) is 5.90. The van der Waals surface area contributed by atoms with Gasteiger partial charge in [0.1, 0.15) is 5.75 Å². The van der Waals surface area contributed by atoms with Crippen molar-refractivity contribution in [2.24, 2.45) is 0 Å². The molecule has 214 valence electrons. The number of hydrogen-bond acceptors (Lipinski definition) is 8. The van der Waals surface area contributed by atoms with Gasteiger partial charge in [0, 0.05) is 61.2 Å². The van der Waals surface area contributed by atoms with Gasteiger partial charge >= 0.3 is 0 Å². The third-order valence-corrected chi connectivity index (χ3v) is 7.32. The summed E-state index contributed by atoms with van der Waals surface area (Å²) in [6.07, 6.45) is 5.05. The quantitative estimate of drug-likeness (QED) is 0.224. The lowest BCUT2D eigenvalue weighted by atomic mass is 10.0. The number of amides is 1. The van der Waals surface area contributed by atoms with Gasteiger partial charge in [-0.25, -0.2) is 9.97 Å². The molecular weight excluding hydrogens is 518 g/mol. The highest BCUT2D eigenvalue weighted by Gasteiger charge is 2.26. The van der Waals surface area contributed by atoms with E-state index in [2.05, 4.69) is 61.2 Å². The third-order valence-electron chi connectivity index (χ3n) is 7.32. The number of anilines is 4. The van der Waals surface area contributed by atoms with Crippen LogP contribution in [0.1, 0.15) is 12.1 Å². The lowest BCUT2D eigenvalue weighted by Crippen LogP contribution is -2.26. The van der Waals surface area contributed by atoms with Gasteiger partial charge in [-0.05, 0) is 51.2 Å². The van der Waals surface area contributed by atoms with Crippen LogP contribution in [-0.2, 0) is 22.5 Å². The molecule has 2 aromatic carbocycles. The Morgan fingerprint density at radius 3 is 2.76 bits per heavy atom. The van der Waals surface area contributed by atoms with E-state index in [0.717, 1.165) is 48.3 Å². The van der Waals surface area contributed by atoms with E-state index in [-0.39, 0.29) is 12.0 Å². The molecule has 0 bridgehead atoms. The zero-order valence-corrected chi connectivity index (χ0v) is 24.0. The Balaban J connectivity index is 1.51. The molecule has 1 atom stereocenters. The molecule has 3 heterocycles.